The molecule has 76 valence electrons. The summed E-state index contributed by atoms with van der Waals surface area (Å²) in [6, 6.07) is 0. The average Bonchev–Trinajstić information content (AvgIpc) is 2.01. The fourth-order valence-corrected chi connectivity index (χ4v) is 0.765. The van der Waals surface area contributed by atoms with Crippen LogP contribution in [0.2, 0.25) is 0 Å². The fraction of sp³-hybridized carbons (Fsp3) is 1.00. The molecule has 0 spiro atoms. The molecule has 0 heterocycles. The van der Waals surface area contributed by atoms with Crippen molar-refractivity contribution in [2.75, 3.05) is 13.1 Å². The van der Waals surface area contributed by atoms with Gasteiger partial charge in [0.2, 0.25) is 0 Å². The normalized spacial score (nSPS) is 10.5. The Kier molecular flexibility index (Phi) is 10.9. The van der Waals surface area contributed by atoms with Gasteiger partial charge in [-0.05, 0) is 31.3 Å². The number of rotatable bonds is 4. The summed E-state index contributed by atoms with van der Waals surface area (Å²) in [5, 5.41) is 3.39. The van der Waals surface area contributed by atoms with E-state index in [4.69, 9.17) is 0 Å². The van der Waals surface area contributed by atoms with Crippen LogP contribution < -0.4 is 5.32 Å². The lowest BCUT2D eigenvalue weighted by Gasteiger charge is -2.17. The van der Waals surface area contributed by atoms with Gasteiger partial charge in [0.25, 0.3) is 0 Å². The quantitative estimate of drug-likeness (QED) is 0.642. The van der Waals surface area contributed by atoms with E-state index in [2.05, 4.69) is 33.0 Å². The van der Waals surface area contributed by atoms with Gasteiger partial charge in [0.1, 0.15) is 0 Å². The van der Waals surface area contributed by atoms with E-state index in [1.807, 2.05) is 13.8 Å². The molecule has 0 amide bonds. The Hall–Kier alpha value is -0.0400. The van der Waals surface area contributed by atoms with E-state index >= 15 is 0 Å². The van der Waals surface area contributed by atoms with Crippen molar-refractivity contribution in [3.05, 3.63) is 0 Å². The maximum absolute atomic E-state index is 3.39. The van der Waals surface area contributed by atoms with Gasteiger partial charge in [-0.15, -0.1) is 0 Å². The zero-order chi connectivity index (χ0) is 10.0. The molecule has 0 unspecified atom stereocenters. The van der Waals surface area contributed by atoms with Crippen LogP contribution in [-0.2, 0) is 0 Å². The van der Waals surface area contributed by atoms with Crippen molar-refractivity contribution in [1.29, 1.82) is 0 Å². The van der Waals surface area contributed by atoms with Gasteiger partial charge in [-0.2, -0.15) is 0 Å². The molecule has 0 atom stereocenters. The first kappa shape index (κ1) is 14.5. The minimum absolute atomic E-state index is 0.487. The lowest BCUT2D eigenvalue weighted by Crippen LogP contribution is -2.20. The zero-order valence-corrected chi connectivity index (χ0v) is 9.83. The third-order valence-corrected chi connectivity index (χ3v) is 1.48. The van der Waals surface area contributed by atoms with E-state index in [0.29, 0.717) is 5.41 Å². The van der Waals surface area contributed by atoms with Gasteiger partial charge in [0.15, 0.2) is 0 Å². The molecule has 1 N–H and O–H groups in total. The monoisotopic (exact) mass is 173 g/mol. The smallest absolute Gasteiger partial charge is 0.00439 e. The summed E-state index contributed by atoms with van der Waals surface area (Å²) >= 11 is 0. The number of hydrogen-bond acceptors (Lipinski definition) is 1. The minimum atomic E-state index is 0.487. The Morgan fingerprint density at radius 1 is 1.00 bits per heavy atom. The van der Waals surface area contributed by atoms with Gasteiger partial charge in [-0.25, -0.2) is 0 Å². The third kappa shape index (κ3) is 16.5. The lowest BCUT2D eigenvalue weighted by molar-refractivity contribution is 0.367. The fourth-order valence-electron chi connectivity index (χ4n) is 0.765. The number of hydrogen-bond donors (Lipinski definition) is 1. The van der Waals surface area contributed by atoms with Gasteiger partial charge in [-0.1, -0.05) is 41.5 Å². The predicted octanol–water partition coefficient (Wildman–Crippen LogP) is 3.45. The Bertz CT molecular complexity index is 71.6. The van der Waals surface area contributed by atoms with Crippen molar-refractivity contribution in [2.45, 2.75) is 54.4 Å². The molecule has 0 saturated carbocycles. The maximum atomic E-state index is 3.39. The van der Waals surface area contributed by atoms with Crippen molar-refractivity contribution in [1.82, 2.24) is 5.32 Å². The van der Waals surface area contributed by atoms with Crippen LogP contribution >= 0.6 is 0 Å². The zero-order valence-electron chi connectivity index (χ0n) is 9.83. The molecule has 0 aromatic rings. The van der Waals surface area contributed by atoms with Crippen LogP contribution in [0.4, 0.5) is 0 Å². The first-order valence-corrected chi connectivity index (χ1v) is 5.27. The Balaban J connectivity index is 0. The SMILES string of the molecule is CC.CCCNCCC(C)(C)C. The van der Waals surface area contributed by atoms with Crippen molar-refractivity contribution in [3.8, 4) is 0 Å². The summed E-state index contributed by atoms with van der Waals surface area (Å²) in [5.41, 5.74) is 0.487. The van der Waals surface area contributed by atoms with Crippen LogP contribution in [0.5, 0.6) is 0 Å². The summed E-state index contributed by atoms with van der Waals surface area (Å²) in [5.74, 6) is 0. The second kappa shape index (κ2) is 9.05. The Morgan fingerprint density at radius 2 is 1.50 bits per heavy atom. The average molecular weight is 173 g/mol. The van der Waals surface area contributed by atoms with Crippen molar-refractivity contribution >= 4 is 0 Å². The highest BCUT2D eigenvalue weighted by atomic mass is 14.8. The molecule has 0 aliphatic heterocycles. The van der Waals surface area contributed by atoms with Gasteiger partial charge >= 0.3 is 0 Å². The topological polar surface area (TPSA) is 12.0 Å². The Labute approximate surface area is 78.9 Å². The van der Waals surface area contributed by atoms with E-state index in [1.54, 1.807) is 0 Å². The van der Waals surface area contributed by atoms with Crippen molar-refractivity contribution in [3.63, 3.8) is 0 Å². The Morgan fingerprint density at radius 3 is 1.83 bits per heavy atom. The van der Waals surface area contributed by atoms with Crippen LogP contribution in [0.15, 0.2) is 0 Å². The number of nitrogens with one attached hydrogen (secondary N) is 1. The second-order valence-corrected chi connectivity index (χ2v) is 4.06. The van der Waals surface area contributed by atoms with Crippen LogP contribution in [0.3, 0.4) is 0 Å². The first-order valence-electron chi connectivity index (χ1n) is 5.27. The molecule has 12 heavy (non-hydrogen) atoms. The van der Waals surface area contributed by atoms with E-state index in [0.717, 1.165) is 13.1 Å². The molecule has 0 aromatic heterocycles. The van der Waals surface area contributed by atoms with Gasteiger partial charge in [0.05, 0.1) is 0 Å². The summed E-state index contributed by atoms with van der Waals surface area (Å²) in [7, 11) is 0. The molecule has 0 aliphatic carbocycles. The van der Waals surface area contributed by atoms with E-state index < -0.39 is 0 Å². The van der Waals surface area contributed by atoms with E-state index in [-0.39, 0.29) is 0 Å². The minimum Gasteiger partial charge on any atom is -0.317 e. The van der Waals surface area contributed by atoms with E-state index in [1.165, 1.54) is 12.8 Å². The van der Waals surface area contributed by atoms with E-state index in [9.17, 15) is 0 Å². The highest BCUT2D eigenvalue weighted by Crippen LogP contribution is 2.16. The molecule has 0 bridgehead atoms. The molecule has 1 nitrogen and oxygen atoms in total. The highest BCUT2D eigenvalue weighted by Gasteiger charge is 2.07. The standard InChI is InChI=1S/C9H21N.C2H6/c1-5-7-10-8-6-9(2,3)4;1-2/h10H,5-8H2,1-4H3;1-2H3. The molecule has 0 saturated heterocycles. The molecule has 0 radical (unpaired) electrons. The van der Waals surface area contributed by atoms with Gasteiger partial charge < -0.3 is 5.32 Å². The van der Waals surface area contributed by atoms with Crippen molar-refractivity contribution < 1.29 is 0 Å². The third-order valence-electron chi connectivity index (χ3n) is 1.48. The predicted molar refractivity (Wildman–Crippen MR) is 58.6 cm³/mol. The van der Waals surface area contributed by atoms with Crippen LogP contribution in [-0.4, -0.2) is 13.1 Å². The van der Waals surface area contributed by atoms with Gasteiger partial charge in [0, 0.05) is 0 Å². The highest BCUT2D eigenvalue weighted by molar-refractivity contribution is 4.62. The van der Waals surface area contributed by atoms with Crippen molar-refractivity contribution in [2.24, 2.45) is 5.41 Å². The molecular formula is C11H27N. The maximum Gasteiger partial charge on any atom is -0.00439 e. The molecule has 1 heteroatoms. The van der Waals surface area contributed by atoms with Crippen LogP contribution in [0.25, 0.3) is 0 Å². The summed E-state index contributed by atoms with van der Waals surface area (Å²) in [6.45, 7) is 15.4. The lowest BCUT2D eigenvalue weighted by atomic mass is 9.92. The molecule has 0 rings (SSSR count). The summed E-state index contributed by atoms with van der Waals surface area (Å²) in [6.07, 6.45) is 2.51. The molecule has 0 aromatic carbocycles. The molecule has 0 fully saturated rings. The summed E-state index contributed by atoms with van der Waals surface area (Å²) in [4.78, 5) is 0. The molecular weight excluding hydrogens is 146 g/mol. The van der Waals surface area contributed by atoms with Crippen LogP contribution in [0.1, 0.15) is 54.4 Å². The van der Waals surface area contributed by atoms with Gasteiger partial charge in [-0.3, -0.25) is 0 Å². The molecule has 0 aliphatic rings. The second-order valence-electron chi connectivity index (χ2n) is 4.06. The largest absolute Gasteiger partial charge is 0.317 e. The summed E-state index contributed by atoms with van der Waals surface area (Å²) < 4.78 is 0. The van der Waals surface area contributed by atoms with Crippen LogP contribution in [0, 0.1) is 5.41 Å². The first-order chi connectivity index (χ1) is 5.56.